The third kappa shape index (κ3) is 3.25. The van der Waals surface area contributed by atoms with E-state index in [1.54, 1.807) is 0 Å². The van der Waals surface area contributed by atoms with Crippen LogP contribution in [-0.4, -0.2) is 47.2 Å². The second kappa shape index (κ2) is 6.17. The summed E-state index contributed by atoms with van der Waals surface area (Å²) in [5.41, 5.74) is -0.0243. The van der Waals surface area contributed by atoms with Crippen molar-refractivity contribution < 1.29 is 4.79 Å². The first kappa shape index (κ1) is 14.7. The van der Waals surface area contributed by atoms with E-state index in [1.165, 1.54) is 31.4 Å². The van der Waals surface area contributed by atoms with E-state index in [0.717, 1.165) is 12.8 Å². The molecule has 6 nitrogen and oxygen atoms in total. The van der Waals surface area contributed by atoms with Gasteiger partial charge in [0.15, 0.2) is 0 Å². The summed E-state index contributed by atoms with van der Waals surface area (Å²) >= 11 is 0. The maximum absolute atomic E-state index is 12.0. The highest BCUT2D eigenvalue weighted by Gasteiger charge is 2.34. The van der Waals surface area contributed by atoms with Gasteiger partial charge in [0, 0.05) is 18.2 Å². The molecule has 1 fully saturated rings. The van der Waals surface area contributed by atoms with E-state index in [9.17, 15) is 9.59 Å². The summed E-state index contributed by atoms with van der Waals surface area (Å²) in [4.78, 5) is 25.2. The molecule has 20 heavy (non-hydrogen) atoms. The topological polar surface area (TPSA) is 78.1 Å². The molecular weight excluding hydrogens is 256 g/mol. The van der Waals surface area contributed by atoms with Crippen LogP contribution in [-0.2, 0) is 0 Å². The average Bonchev–Trinajstić information content (AvgIpc) is 2.46. The monoisotopic (exact) mass is 278 g/mol. The summed E-state index contributed by atoms with van der Waals surface area (Å²) in [6.45, 7) is 0.611. The number of amides is 1. The van der Waals surface area contributed by atoms with Crippen LogP contribution in [0.4, 0.5) is 0 Å². The van der Waals surface area contributed by atoms with Crippen molar-refractivity contribution in [2.75, 3.05) is 20.6 Å². The van der Waals surface area contributed by atoms with Crippen molar-refractivity contribution in [2.24, 2.45) is 0 Å². The SMILES string of the molecule is CN(C)C1(CNC(=O)c2ccc(=O)[nH]n2)CCCCC1. The highest BCUT2D eigenvalue weighted by atomic mass is 16.2. The van der Waals surface area contributed by atoms with E-state index in [2.05, 4.69) is 34.5 Å². The van der Waals surface area contributed by atoms with Crippen LogP contribution in [0.1, 0.15) is 42.6 Å². The summed E-state index contributed by atoms with van der Waals surface area (Å²) in [6, 6.07) is 2.75. The number of nitrogens with zero attached hydrogens (tertiary/aromatic N) is 2. The van der Waals surface area contributed by atoms with Gasteiger partial charge in [0.05, 0.1) is 0 Å². The summed E-state index contributed by atoms with van der Waals surface area (Å²) in [7, 11) is 4.13. The zero-order valence-electron chi connectivity index (χ0n) is 12.1. The molecular formula is C14H22N4O2. The van der Waals surface area contributed by atoms with Gasteiger partial charge < -0.3 is 10.2 Å². The molecule has 0 radical (unpaired) electrons. The molecule has 0 aromatic carbocycles. The minimum absolute atomic E-state index is 0.0378. The van der Waals surface area contributed by atoms with E-state index in [0.29, 0.717) is 6.54 Å². The highest BCUT2D eigenvalue weighted by Crippen LogP contribution is 2.31. The molecule has 0 atom stereocenters. The Morgan fingerprint density at radius 3 is 2.60 bits per heavy atom. The zero-order valence-corrected chi connectivity index (χ0v) is 12.1. The van der Waals surface area contributed by atoms with Gasteiger partial charge in [-0.05, 0) is 33.0 Å². The molecule has 1 aliphatic rings. The van der Waals surface area contributed by atoms with Gasteiger partial charge in [-0.15, -0.1) is 0 Å². The van der Waals surface area contributed by atoms with Crippen LogP contribution in [0.3, 0.4) is 0 Å². The standard InChI is InChI=1S/C14H22N4O2/c1-18(2)14(8-4-3-5-9-14)10-15-13(20)11-6-7-12(19)17-16-11/h6-7H,3-5,8-10H2,1-2H3,(H,15,20)(H,17,19). The predicted octanol–water partition coefficient (Wildman–Crippen LogP) is 0.764. The smallest absolute Gasteiger partial charge is 0.271 e. The Labute approximate surface area is 118 Å². The van der Waals surface area contributed by atoms with Crippen LogP contribution in [0.25, 0.3) is 0 Å². The number of carbonyl (C=O) groups is 1. The van der Waals surface area contributed by atoms with E-state index in [4.69, 9.17) is 0 Å². The molecule has 1 saturated carbocycles. The van der Waals surface area contributed by atoms with E-state index in [-0.39, 0.29) is 22.7 Å². The van der Waals surface area contributed by atoms with Crippen molar-refractivity contribution in [3.63, 3.8) is 0 Å². The van der Waals surface area contributed by atoms with Crippen LogP contribution >= 0.6 is 0 Å². The van der Waals surface area contributed by atoms with E-state index in [1.807, 2.05) is 0 Å². The Hall–Kier alpha value is -1.69. The molecule has 1 aliphatic carbocycles. The van der Waals surface area contributed by atoms with Crippen molar-refractivity contribution >= 4 is 5.91 Å². The summed E-state index contributed by atoms with van der Waals surface area (Å²) < 4.78 is 0. The second-order valence-corrected chi connectivity index (χ2v) is 5.67. The molecule has 0 saturated heterocycles. The number of rotatable bonds is 4. The van der Waals surface area contributed by atoms with Gasteiger partial charge in [0.1, 0.15) is 5.69 Å². The predicted molar refractivity (Wildman–Crippen MR) is 76.7 cm³/mol. The average molecular weight is 278 g/mol. The number of aromatic amines is 1. The van der Waals surface area contributed by atoms with Crippen LogP contribution in [0.15, 0.2) is 16.9 Å². The molecule has 0 aliphatic heterocycles. The Bertz CT molecular complexity index is 498. The molecule has 1 aromatic rings. The van der Waals surface area contributed by atoms with Crippen LogP contribution in [0, 0.1) is 0 Å². The van der Waals surface area contributed by atoms with Gasteiger partial charge in [-0.25, -0.2) is 5.10 Å². The summed E-state index contributed by atoms with van der Waals surface area (Å²) in [6.07, 6.45) is 5.86. The van der Waals surface area contributed by atoms with Gasteiger partial charge in [0.2, 0.25) is 0 Å². The molecule has 1 amide bonds. The summed E-state index contributed by atoms with van der Waals surface area (Å²) in [5.74, 6) is -0.243. The number of H-pyrrole nitrogens is 1. The Morgan fingerprint density at radius 2 is 2.05 bits per heavy atom. The maximum atomic E-state index is 12.0. The van der Waals surface area contributed by atoms with Gasteiger partial charge in [-0.3, -0.25) is 9.59 Å². The zero-order chi connectivity index (χ0) is 14.6. The molecule has 1 aromatic heterocycles. The van der Waals surface area contributed by atoms with Crippen molar-refractivity contribution in [3.05, 3.63) is 28.2 Å². The molecule has 110 valence electrons. The van der Waals surface area contributed by atoms with Crippen LogP contribution in [0.2, 0.25) is 0 Å². The molecule has 0 spiro atoms. The van der Waals surface area contributed by atoms with Crippen LogP contribution < -0.4 is 10.9 Å². The largest absolute Gasteiger partial charge is 0.349 e. The Kier molecular flexibility index (Phi) is 4.54. The van der Waals surface area contributed by atoms with Gasteiger partial charge in [0.25, 0.3) is 11.5 Å². The minimum atomic E-state index is -0.307. The second-order valence-electron chi connectivity index (χ2n) is 5.67. The fraction of sp³-hybridized carbons (Fsp3) is 0.643. The number of aromatic nitrogens is 2. The lowest BCUT2D eigenvalue weighted by Gasteiger charge is -2.43. The summed E-state index contributed by atoms with van der Waals surface area (Å²) in [5, 5.41) is 8.97. The minimum Gasteiger partial charge on any atom is -0.349 e. The van der Waals surface area contributed by atoms with Gasteiger partial charge in [-0.2, -0.15) is 5.10 Å². The van der Waals surface area contributed by atoms with E-state index >= 15 is 0 Å². The van der Waals surface area contributed by atoms with E-state index < -0.39 is 0 Å². The van der Waals surface area contributed by atoms with Crippen LogP contribution in [0.5, 0.6) is 0 Å². The highest BCUT2D eigenvalue weighted by molar-refractivity contribution is 5.92. The fourth-order valence-electron chi connectivity index (χ4n) is 2.80. The molecule has 2 rings (SSSR count). The van der Waals surface area contributed by atoms with Gasteiger partial charge >= 0.3 is 0 Å². The lowest BCUT2D eigenvalue weighted by atomic mass is 9.80. The fourth-order valence-corrected chi connectivity index (χ4v) is 2.80. The van der Waals surface area contributed by atoms with Crippen molar-refractivity contribution in [2.45, 2.75) is 37.6 Å². The first-order valence-electron chi connectivity index (χ1n) is 7.05. The number of hydrogen-bond acceptors (Lipinski definition) is 4. The third-order valence-corrected chi connectivity index (χ3v) is 4.22. The first-order valence-corrected chi connectivity index (χ1v) is 7.05. The lowest BCUT2D eigenvalue weighted by molar-refractivity contribution is 0.0795. The molecule has 1 heterocycles. The molecule has 2 N–H and O–H groups in total. The number of hydrogen-bond donors (Lipinski definition) is 2. The number of likely N-dealkylation sites (N-methyl/N-ethyl adjacent to an activating group) is 1. The molecule has 0 bridgehead atoms. The van der Waals surface area contributed by atoms with Crippen molar-refractivity contribution in [1.29, 1.82) is 0 Å². The quantitative estimate of drug-likeness (QED) is 0.852. The van der Waals surface area contributed by atoms with Crippen molar-refractivity contribution in [1.82, 2.24) is 20.4 Å². The first-order chi connectivity index (χ1) is 9.53. The Morgan fingerprint density at radius 1 is 1.35 bits per heavy atom. The van der Waals surface area contributed by atoms with Crippen molar-refractivity contribution in [3.8, 4) is 0 Å². The Balaban J connectivity index is 2.00. The third-order valence-electron chi connectivity index (χ3n) is 4.22. The van der Waals surface area contributed by atoms with Gasteiger partial charge in [-0.1, -0.05) is 19.3 Å². The molecule has 0 unspecified atom stereocenters. The normalized spacial score (nSPS) is 17.9. The number of carbonyl (C=O) groups excluding carboxylic acids is 1. The molecule has 6 heteroatoms. The maximum Gasteiger partial charge on any atom is 0.271 e. The lowest BCUT2D eigenvalue weighted by Crippen LogP contribution is -2.53. The number of nitrogens with one attached hydrogen (secondary N) is 2.